The van der Waals surface area contributed by atoms with Crippen molar-refractivity contribution < 1.29 is 9.59 Å². The second-order valence-electron chi connectivity index (χ2n) is 6.70. The largest absolute Gasteiger partial charge is 0.326 e. The van der Waals surface area contributed by atoms with Crippen molar-refractivity contribution in [1.82, 2.24) is 0 Å². The Bertz CT molecular complexity index is 827. The summed E-state index contributed by atoms with van der Waals surface area (Å²) in [4.78, 5) is 26.7. The van der Waals surface area contributed by atoms with Gasteiger partial charge in [0.05, 0.1) is 5.92 Å². The topological polar surface area (TPSA) is 49.4 Å². The summed E-state index contributed by atoms with van der Waals surface area (Å²) >= 11 is 5.99. The van der Waals surface area contributed by atoms with Crippen molar-refractivity contribution >= 4 is 34.8 Å². The van der Waals surface area contributed by atoms with Gasteiger partial charge in [0, 0.05) is 29.4 Å². The van der Waals surface area contributed by atoms with Gasteiger partial charge >= 0.3 is 0 Å². The highest BCUT2D eigenvalue weighted by molar-refractivity contribution is 6.30. The third-order valence-corrected chi connectivity index (χ3v) is 4.67. The van der Waals surface area contributed by atoms with Crippen molar-refractivity contribution in [3.05, 3.63) is 58.1 Å². The molecule has 2 amide bonds. The number of halogens is 1. The molecule has 4 nitrogen and oxygen atoms in total. The first-order valence-corrected chi connectivity index (χ1v) is 8.67. The van der Waals surface area contributed by atoms with Crippen LogP contribution in [0.1, 0.15) is 23.1 Å². The summed E-state index contributed by atoms with van der Waals surface area (Å²) < 4.78 is 0. The lowest BCUT2D eigenvalue weighted by Gasteiger charge is -2.19. The minimum absolute atomic E-state index is 0.0361. The lowest BCUT2D eigenvalue weighted by atomic mass is 10.1. The van der Waals surface area contributed by atoms with E-state index in [4.69, 9.17) is 11.6 Å². The zero-order valence-corrected chi connectivity index (χ0v) is 15.4. The second-order valence-corrected chi connectivity index (χ2v) is 7.14. The molecule has 1 aliphatic rings. The Morgan fingerprint density at radius 2 is 1.80 bits per heavy atom. The smallest absolute Gasteiger partial charge is 0.229 e. The Labute approximate surface area is 152 Å². The number of carbonyl (C=O) groups is 2. The maximum Gasteiger partial charge on any atom is 0.229 e. The molecule has 2 aromatic rings. The van der Waals surface area contributed by atoms with Gasteiger partial charge in [-0.15, -0.1) is 0 Å². The molecule has 1 fully saturated rings. The molecule has 0 bridgehead atoms. The van der Waals surface area contributed by atoms with E-state index in [-0.39, 0.29) is 24.2 Å². The number of hydrogen-bond donors (Lipinski definition) is 1. The van der Waals surface area contributed by atoms with Crippen molar-refractivity contribution in [1.29, 1.82) is 0 Å². The molecule has 1 atom stereocenters. The van der Waals surface area contributed by atoms with Crippen molar-refractivity contribution in [2.75, 3.05) is 16.8 Å². The number of nitrogens with one attached hydrogen (secondary N) is 1. The zero-order chi connectivity index (χ0) is 18.1. The maximum atomic E-state index is 12.6. The van der Waals surface area contributed by atoms with Gasteiger partial charge in [0.25, 0.3) is 0 Å². The van der Waals surface area contributed by atoms with Crippen LogP contribution < -0.4 is 10.2 Å². The summed E-state index contributed by atoms with van der Waals surface area (Å²) in [6.07, 6.45) is 0.221. The Hall–Kier alpha value is -2.33. The Morgan fingerprint density at radius 1 is 1.12 bits per heavy atom. The molecule has 2 aromatic carbocycles. The highest BCUT2D eigenvalue weighted by atomic mass is 35.5. The fourth-order valence-electron chi connectivity index (χ4n) is 3.33. The number of benzene rings is 2. The highest BCUT2D eigenvalue weighted by Gasteiger charge is 2.35. The fraction of sp³-hybridized carbons (Fsp3) is 0.300. The van der Waals surface area contributed by atoms with Gasteiger partial charge < -0.3 is 10.2 Å². The minimum atomic E-state index is -0.358. The molecule has 130 valence electrons. The van der Waals surface area contributed by atoms with Crippen molar-refractivity contribution in [3.8, 4) is 0 Å². The van der Waals surface area contributed by atoms with Crippen molar-refractivity contribution in [2.45, 2.75) is 27.2 Å². The summed E-state index contributed by atoms with van der Waals surface area (Å²) in [6.45, 7) is 6.29. The van der Waals surface area contributed by atoms with Gasteiger partial charge in [-0.1, -0.05) is 17.7 Å². The third-order valence-electron chi connectivity index (χ3n) is 4.43. The van der Waals surface area contributed by atoms with Gasteiger partial charge in [0.2, 0.25) is 11.8 Å². The molecule has 1 unspecified atom stereocenters. The van der Waals surface area contributed by atoms with E-state index in [1.165, 1.54) is 0 Å². The van der Waals surface area contributed by atoms with Crippen LogP contribution in [0.15, 0.2) is 36.4 Å². The highest BCUT2D eigenvalue weighted by Crippen LogP contribution is 2.30. The van der Waals surface area contributed by atoms with Gasteiger partial charge in [-0.05, 0) is 67.8 Å². The van der Waals surface area contributed by atoms with E-state index in [2.05, 4.69) is 11.4 Å². The molecule has 0 aromatic heterocycles. The number of nitrogens with zero attached hydrogens (tertiary/aromatic N) is 1. The number of carbonyl (C=O) groups excluding carboxylic acids is 2. The van der Waals surface area contributed by atoms with Gasteiger partial charge in [-0.2, -0.15) is 0 Å². The van der Waals surface area contributed by atoms with Crippen LogP contribution in [0.5, 0.6) is 0 Å². The van der Waals surface area contributed by atoms with E-state index < -0.39 is 0 Å². The molecule has 1 aliphatic heterocycles. The zero-order valence-electron chi connectivity index (χ0n) is 14.6. The molecular weight excluding hydrogens is 336 g/mol. The van der Waals surface area contributed by atoms with Gasteiger partial charge in [-0.3, -0.25) is 9.59 Å². The molecule has 0 saturated carbocycles. The number of anilines is 2. The summed E-state index contributed by atoms with van der Waals surface area (Å²) in [5.41, 5.74) is 4.70. The number of hydrogen-bond acceptors (Lipinski definition) is 2. The average molecular weight is 357 g/mol. The van der Waals surface area contributed by atoms with Crippen LogP contribution in [0.3, 0.4) is 0 Å². The summed E-state index contributed by atoms with van der Waals surface area (Å²) in [6, 6.07) is 11.3. The van der Waals surface area contributed by atoms with Crippen molar-refractivity contribution in [3.63, 3.8) is 0 Å². The van der Waals surface area contributed by atoms with Crippen LogP contribution in [0.4, 0.5) is 11.4 Å². The molecule has 1 heterocycles. The van der Waals surface area contributed by atoms with E-state index in [1.54, 1.807) is 11.0 Å². The summed E-state index contributed by atoms with van der Waals surface area (Å²) in [5.74, 6) is -0.512. The van der Waals surface area contributed by atoms with E-state index in [1.807, 2.05) is 45.0 Å². The van der Waals surface area contributed by atoms with Crippen LogP contribution in [0, 0.1) is 26.7 Å². The molecule has 1 saturated heterocycles. The summed E-state index contributed by atoms with van der Waals surface area (Å²) in [5, 5.41) is 3.58. The van der Waals surface area contributed by atoms with E-state index in [9.17, 15) is 9.59 Å². The van der Waals surface area contributed by atoms with Gasteiger partial charge in [-0.25, -0.2) is 0 Å². The molecule has 0 aliphatic carbocycles. The van der Waals surface area contributed by atoms with Gasteiger partial charge in [0.15, 0.2) is 0 Å². The summed E-state index contributed by atoms with van der Waals surface area (Å²) in [7, 11) is 0. The molecule has 5 heteroatoms. The monoisotopic (exact) mass is 356 g/mol. The van der Waals surface area contributed by atoms with Crippen LogP contribution >= 0.6 is 11.6 Å². The van der Waals surface area contributed by atoms with E-state index in [0.29, 0.717) is 11.6 Å². The molecule has 0 spiro atoms. The minimum Gasteiger partial charge on any atom is -0.326 e. The van der Waals surface area contributed by atoms with Crippen molar-refractivity contribution in [2.24, 2.45) is 5.92 Å². The maximum absolute atomic E-state index is 12.6. The lowest BCUT2D eigenvalue weighted by molar-refractivity contribution is -0.122. The first-order chi connectivity index (χ1) is 11.8. The molecular formula is C20H21ClN2O2. The Balaban J connectivity index is 1.74. The van der Waals surface area contributed by atoms with E-state index >= 15 is 0 Å². The van der Waals surface area contributed by atoms with Crippen LogP contribution in [-0.2, 0) is 9.59 Å². The number of rotatable bonds is 3. The molecule has 0 radical (unpaired) electrons. The number of amides is 2. The second kappa shape index (κ2) is 6.89. The third kappa shape index (κ3) is 3.85. The first kappa shape index (κ1) is 17.5. The standard InChI is InChI=1S/C20H21ClN2O2/c1-12-6-13(2)8-17(7-12)22-20(25)15-10-19(24)23(11-15)18-5-4-16(21)9-14(18)3/h4-9,15H,10-11H2,1-3H3,(H,22,25). The normalized spacial score (nSPS) is 17.0. The number of aryl methyl sites for hydroxylation is 3. The molecule has 25 heavy (non-hydrogen) atoms. The first-order valence-electron chi connectivity index (χ1n) is 8.29. The average Bonchev–Trinajstić information content (AvgIpc) is 2.88. The predicted molar refractivity (Wildman–Crippen MR) is 101 cm³/mol. The Kier molecular flexibility index (Phi) is 4.82. The van der Waals surface area contributed by atoms with Gasteiger partial charge in [0.1, 0.15) is 0 Å². The van der Waals surface area contributed by atoms with Crippen LogP contribution in [0.25, 0.3) is 0 Å². The lowest BCUT2D eigenvalue weighted by Crippen LogP contribution is -2.28. The van der Waals surface area contributed by atoms with E-state index in [0.717, 1.165) is 28.1 Å². The predicted octanol–water partition coefficient (Wildman–Crippen LogP) is 4.26. The molecule has 3 rings (SSSR count). The van der Waals surface area contributed by atoms with Crippen LogP contribution in [0.2, 0.25) is 5.02 Å². The molecule has 1 N–H and O–H groups in total. The Morgan fingerprint density at radius 3 is 2.44 bits per heavy atom. The van der Waals surface area contributed by atoms with Crippen LogP contribution in [-0.4, -0.2) is 18.4 Å². The fourth-order valence-corrected chi connectivity index (χ4v) is 3.56. The quantitative estimate of drug-likeness (QED) is 0.893. The SMILES string of the molecule is Cc1cc(C)cc(NC(=O)C2CC(=O)N(c3ccc(Cl)cc3C)C2)c1.